The van der Waals surface area contributed by atoms with Gasteiger partial charge in [0.05, 0.1) is 11.4 Å². The Morgan fingerprint density at radius 1 is 1.00 bits per heavy atom. The average Bonchev–Trinajstić information content (AvgIpc) is 3.14. The number of anilines is 1. The predicted octanol–water partition coefficient (Wildman–Crippen LogP) is 4.61. The normalized spacial score (nSPS) is 15.0. The minimum atomic E-state index is -0.315. The third-order valence-corrected chi connectivity index (χ3v) is 5.47. The summed E-state index contributed by atoms with van der Waals surface area (Å²) in [4.78, 5) is 14.9. The molecule has 0 saturated carbocycles. The van der Waals surface area contributed by atoms with Gasteiger partial charge < -0.3 is 4.90 Å². The number of aromatic nitrogens is 2. The number of rotatable bonds is 5. The largest absolute Gasteiger partial charge is 0.372 e. The Morgan fingerprint density at radius 2 is 1.70 bits per heavy atom. The van der Waals surface area contributed by atoms with E-state index in [9.17, 15) is 4.79 Å². The van der Waals surface area contributed by atoms with Crippen LogP contribution in [0.3, 0.4) is 0 Å². The molecule has 1 aliphatic heterocycles. The quantitative estimate of drug-likeness (QED) is 0.484. The van der Waals surface area contributed by atoms with Crippen molar-refractivity contribution < 1.29 is 4.79 Å². The maximum absolute atomic E-state index is 12.4. The molecule has 3 aromatic rings. The molecule has 1 fully saturated rings. The van der Waals surface area contributed by atoms with E-state index in [4.69, 9.17) is 0 Å². The first-order valence-corrected chi connectivity index (χ1v) is 10.5. The Kier molecular flexibility index (Phi) is 6.23. The van der Waals surface area contributed by atoms with Crippen LogP contribution < -0.4 is 10.3 Å². The molecule has 2 aromatic carbocycles. The van der Waals surface area contributed by atoms with E-state index in [-0.39, 0.29) is 5.91 Å². The molecule has 30 heavy (non-hydrogen) atoms. The van der Waals surface area contributed by atoms with E-state index >= 15 is 0 Å². The van der Waals surface area contributed by atoms with Gasteiger partial charge in [-0.05, 0) is 43.5 Å². The van der Waals surface area contributed by atoms with Crippen molar-refractivity contribution in [2.24, 2.45) is 5.10 Å². The van der Waals surface area contributed by atoms with Crippen LogP contribution in [0.1, 0.15) is 48.7 Å². The first kappa shape index (κ1) is 19.9. The van der Waals surface area contributed by atoms with E-state index < -0.39 is 0 Å². The zero-order valence-electron chi connectivity index (χ0n) is 17.3. The smallest absolute Gasteiger partial charge is 0.289 e. The molecule has 1 aliphatic rings. The third-order valence-electron chi connectivity index (χ3n) is 5.47. The van der Waals surface area contributed by atoms with Gasteiger partial charge in [-0.15, -0.1) is 0 Å². The molecule has 0 bridgehead atoms. The lowest BCUT2D eigenvalue weighted by Gasteiger charge is -2.22. The van der Waals surface area contributed by atoms with Gasteiger partial charge in [-0.25, -0.2) is 5.43 Å². The summed E-state index contributed by atoms with van der Waals surface area (Å²) in [5, 5.41) is 11.3. The standard InChI is InChI=1S/C24H27N5O/c1-18(19-11-13-21(14-12-19)29-15-7-2-3-8-16-29)25-28-24(30)23-17-22(26-27-23)20-9-5-4-6-10-20/h4-6,9-14,17H,2-3,7-8,15-16H2,1H3,(H,26,27)(H,28,30). The molecule has 2 heterocycles. The van der Waals surface area contributed by atoms with E-state index in [1.165, 1.54) is 31.4 Å². The molecule has 0 aliphatic carbocycles. The number of amides is 1. The van der Waals surface area contributed by atoms with Crippen LogP contribution in [0, 0.1) is 0 Å². The van der Waals surface area contributed by atoms with Gasteiger partial charge in [-0.3, -0.25) is 9.89 Å². The van der Waals surface area contributed by atoms with Crippen LogP contribution in [0.2, 0.25) is 0 Å². The number of carbonyl (C=O) groups excluding carboxylic acids is 1. The topological polar surface area (TPSA) is 73.4 Å². The molecular weight excluding hydrogens is 374 g/mol. The Labute approximate surface area is 177 Å². The zero-order chi connectivity index (χ0) is 20.8. The Balaban J connectivity index is 1.39. The molecule has 1 saturated heterocycles. The number of hydrogen-bond acceptors (Lipinski definition) is 4. The molecule has 0 radical (unpaired) electrons. The summed E-state index contributed by atoms with van der Waals surface area (Å²) >= 11 is 0. The highest BCUT2D eigenvalue weighted by molar-refractivity contribution is 6.00. The van der Waals surface area contributed by atoms with Crippen LogP contribution in [-0.4, -0.2) is 34.9 Å². The molecular formula is C24H27N5O. The zero-order valence-corrected chi connectivity index (χ0v) is 17.3. The Morgan fingerprint density at radius 3 is 2.40 bits per heavy atom. The van der Waals surface area contributed by atoms with E-state index in [2.05, 4.69) is 49.9 Å². The number of aromatic amines is 1. The summed E-state index contributed by atoms with van der Waals surface area (Å²) in [6, 6.07) is 19.9. The molecule has 0 atom stereocenters. The minimum Gasteiger partial charge on any atom is -0.372 e. The van der Waals surface area contributed by atoms with Crippen molar-refractivity contribution in [3.05, 3.63) is 71.9 Å². The molecule has 6 nitrogen and oxygen atoms in total. The van der Waals surface area contributed by atoms with Crippen molar-refractivity contribution in [2.75, 3.05) is 18.0 Å². The molecule has 0 unspecified atom stereocenters. The van der Waals surface area contributed by atoms with Crippen LogP contribution in [0.5, 0.6) is 0 Å². The number of nitrogens with one attached hydrogen (secondary N) is 2. The second-order valence-corrected chi connectivity index (χ2v) is 7.62. The fourth-order valence-electron chi connectivity index (χ4n) is 3.70. The number of benzene rings is 2. The molecule has 2 N–H and O–H groups in total. The minimum absolute atomic E-state index is 0.315. The number of nitrogens with zero attached hydrogens (tertiary/aromatic N) is 3. The lowest BCUT2D eigenvalue weighted by Crippen LogP contribution is -2.23. The van der Waals surface area contributed by atoms with Crippen LogP contribution >= 0.6 is 0 Å². The summed E-state index contributed by atoms with van der Waals surface area (Å²) in [6.07, 6.45) is 5.16. The van der Waals surface area contributed by atoms with E-state index in [0.717, 1.165) is 35.6 Å². The number of carbonyl (C=O) groups is 1. The Hall–Kier alpha value is -3.41. The van der Waals surface area contributed by atoms with Gasteiger partial charge in [0.15, 0.2) is 0 Å². The molecule has 1 amide bonds. The van der Waals surface area contributed by atoms with Gasteiger partial charge in [0.25, 0.3) is 5.91 Å². The third kappa shape index (κ3) is 4.76. The summed E-state index contributed by atoms with van der Waals surface area (Å²) in [7, 11) is 0. The maximum Gasteiger partial charge on any atom is 0.289 e. The van der Waals surface area contributed by atoms with E-state index in [0.29, 0.717) is 5.69 Å². The van der Waals surface area contributed by atoms with Crippen molar-refractivity contribution in [1.29, 1.82) is 0 Å². The Bertz CT molecular complexity index is 1000. The second kappa shape index (κ2) is 9.39. The molecule has 1 aromatic heterocycles. The number of H-pyrrole nitrogens is 1. The monoisotopic (exact) mass is 401 g/mol. The van der Waals surface area contributed by atoms with Crippen molar-refractivity contribution in [3.63, 3.8) is 0 Å². The first-order valence-electron chi connectivity index (χ1n) is 10.5. The van der Waals surface area contributed by atoms with Gasteiger partial charge in [-0.2, -0.15) is 10.2 Å². The van der Waals surface area contributed by atoms with Crippen LogP contribution in [0.15, 0.2) is 65.8 Å². The highest BCUT2D eigenvalue weighted by Crippen LogP contribution is 2.20. The summed E-state index contributed by atoms with van der Waals surface area (Å²) in [5.41, 5.74) is 7.68. The predicted molar refractivity (Wildman–Crippen MR) is 121 cm³/mol. The average molecular weight is 402 g/mol. The SMILES string of the molecule is CC(=NNC(=O)c1cc(-c2ccccc2)n[nH]1)c1ccc(N2CCCCCC2)cc1. The van der Waals surface area contributed by atoms with Gasteiger partial charge >= 0.3 is 0 Å². The van der Waals surface area contributed by atoms with Crippen LogP contribution in [0.4, 0.5) is 5.69 Å². The van der Waals surface area contributed by atoms with Gasteiger partial charge in [0, 0.05) is 24.3 Å². The van der Waals surface area contributed by atoms with Gasteiger partial charge in [0.2, 0.25) is 0 Å². The van der Waals surface area contributed by atoms with Crippen LogP contribution in [0.25, 0.3) is 11.3 Å². The highest BCUT2D eigenvalue weighted by Gasteiger charge is 2.12. The van der Waals surface area contributed by atoms with E-state index in [1.807, 2.05) is 37.3 Å². The molecule has 0 spiro atoms. The van der Waals surface area contributed by atoms with Crippen molar-refractivity contribution in [1.82, 2.24) is 15.6 Å². The number of hydrogen-bond donors (Lipinski definition) is 2. The fraction of sp³-hybridized carbons (Fsp3) is 0.292. The number of hydrazone groups is 1. The first-order chi connectivity index (χ1) is 14.7. The van der Waals surface area contributed by atoms with Crippen molar-refractivity contribution >= 4 is 17.3 Å². The van der Waals surface area contributed by atoms with E-state index in [1.54, 1.807) is 6.07 Å². The summed E-state index contributed by atoms with van der Waals surface area (Å²) < 4.78 is 0. The molecule has 154 valence electrons. The van der Waals surface area contributed by atoms with Crippen molar-refractivity contribution in [3.8, 4) is 11.3 Å². The highest BCUT2D eigenvalue weighted by atomic mass is 16.2. The molecule has 4 rings (SSSR count). The fourth-order valence-corrected chi connectivity index (χ4v) is 3.70. The second-order valence-electron chi connectivity index (χ2n) is 7.62. The lowest BCUT2D eigenvalue weighted by molar-refractivity contribution is 0.0950. The maximum atomic E-state index is 12.4. The van der Waals surface area contributed by atoms with Crippen LogP contribution in [-0.2, 0) is 0 Å². The summed E-state index contributed by atoms with van der Waals surface area (Å²) in [5.74, 6) is -0.315. The molecule has 6 heteroatoms. The van der Waals surface area contributed by atoms with Gasteiger partial charge in [-0.1, -0.05) is 55.3 Å². The lowest BCUT2D eigenvalue weighted by atomic mass is 10.1. The van der Waals surface area contributed by atoms with Gasteiger partial charge in [0.1, 0.15) is 5.69 Å². The summed E-state index contributed by atoms with van der Waals surface area (Å²) in [6.45, 7) is 4.14. The van der Waals surface area contributed by atoms with Crippen molar-refractivity contribution in [2.45, 2.75) is 32.6 Å².